The van der Waals surface area contributed by atoms with Crippen molar-refractivity contribution >= 4 is 33.2 Å². The smallest absolute Gasteiger partial charge is 0.272 e. The average Bonchev–Trinajstić information content (AvgIpc) is 3.05. The minimum absolute atomic E-state index is 0.107. The maximum Gasteiger partial charge on any atom is 0.272 e. The second kappa shape index (κ2) is 6.38. The van der Waals surface area contributed by atoms with Gasteiger partial charge < -0.3 is 5.32 Å². The molecular formula is C20H16FN3OS. The summed E-state index contributed by atoms with van der Waals surface area (Å²) in [6, 6.07) is 16.0. The SMILES string of the molecule is Cc1ccccc1-c1cc2nc(Nc3ccc(F)cc3)n(C)c(=O)c2s1. The van der Waals surface area contributed by atoms with Crippen molar-refractivity contribution in [3.8, 4) is 10.4 Å². The fourth-order valence-electron chi connectivity index (χ4n) is 2.81. The van der Waals surface area contributed by atoms with E-state index in [0.29, 0.717) is 21.9 Å². The van der Waals surface area contributed by atoms with E-state index in [2.05, 4.69) is 10.3 Å². The van der Waals surface area contributed by atoms with E-state index >= 15 is 0 Å². The van der Waals surface area contributed by atoms with Crippen LogP contribution < -0.4 is 10.9 Å². The second-order valence-corrected chi connectivity index (χ2v) is 7.12. The third-order valence-electron chi connectivity index (χ3n) is 4.27. The maximum atomic E-state index is 13.1. The lowest BCUT2D eigenvalue weighted by Gasteiger charge is -2.09. The Hall–Kier alpha value is -2.99. The molecule has 2 aromatic carbocycles. The Bertz CT molecular complexity index is 1160. The molecule has 4 nitrogen and oxygen atoms in total. The summed E-state index contributed by atoms with van der Waals surface area (Å²) >= 11 is 1.45. The fourth-order valence-corrected chi connectivity index (χ4v) is 3.97. The summed E-state index contributed by atoms with van der Waals surface area (Å²) in [5, 5.41) is 3.08. The first-order valence-electron chi connectivity index (χ1n) is 8.12. The van der Waals surface area contributed by atoms with E-state index in [4.69, 9.17) is 0 Å². The van der Waals surface area contributed by atoms with Crippen LogP contribution >= 0.6 is 11.3 Å². The lowest BCUT2D eigenvalue weighted by Crippen LogP contribution is -2.20. The highest BCUT2D eigenvalue weighted by Gasteiger charge is 2.14. The number of benzene rings is 2. The molecule has 4 rings (SSSR count). The van der Waals surface area contributed by atoms with E-state index in [1.165, 1.54) is 28.0 Å². The third-order valence-corrected chi connectivity index (χ3v) is 5.41. The van der Waals surface area contributed by atoms with Gasteiger partial charge in [0.1, 0.15) is 10.5 Å². The third kappa shape index (κ3) is 2.88. The van der Waals surface area contributed by atoms with Gasteiger partial charge in [-0.05, 0) is 48.4 Å². The molecule has 2 heterocycles. The minimum Gasteiger partial charge on any atom is -0.326 e. The van der Waals surface area contributed by atoms with E-state index in [1.54, 1.807) is 19.2 Å². The monoisotopic (exact) mass is 365 g/mol. The number of hydrogen-bond donors (Lipinski definition) is 1. The van der Waals surface area contributed by atoms with Crippen LogP contribution in [0.2, 0.25) is 0 Å². The maximum absolute atomic E-state index is 13.1. The number of nitrogens with one attached hydrogen (secondary N) is 1. The van der Waals surface area contributed by atoms with Crippen molar-refractivity contribution in [3.05, 3.63) is 76.3 Å². The van der Waals surface area contributed by atoms with Crippen molar-refractivity contribution < 1.29 is 4.39 Å². The van der Waals surface area contributed by atoms with Crippen LogP contribution in [0.4, 0.5) is 16.0 Å². The Morgan fingerprint density at radius 3 is 2.58 bits per heavy atom. The zero-order chi connectivity index (χ0) is 18.3. The van der Waals surface area contributed by atoms with Crippen molar-refractivity contribution in [3.63, 3.8) is 0 Å². The van der Waals surface area contributed by atoms with Crippen LogP contribution in [0.3, 0.4) is 0 Å². The summed E-state index contributed by atoms with van der Waals surface area (Å²) in [5.41, 5.74) is 3.47. The molecule has 0 atom stereocenters. The van der Waals surface area contributed by atoms with Gasteiger partial charge in [-0.3, -0.25) is 9.36 Å². The lowest BCUT2D eigenvalue weighted by atomic mass is 10.1. The van der Waals surface area contributed by atoms with Gasteiger partial charge in [-0.2, -0.15) is 0 Å². The van der Waals surface area contributed by atoms with Gasteiger partial charge in [0.15, 0.2) is 0 Å². The molecule has 0 bridgehead atoms. The Morgan fingerprint density at radius 1 is 1.12 bits per heavy atom. The van der Waals surface area contributed by atoms with Gasteiger partial charge in [0.2, 0.25) is 5.95 Å². The van der Waals surface area contributed by atoms with Crippen LogP contribution in [0.5, 0.6) is 0 Å². The van der Waals surface area contributed by atoms with Crippen molar-refractivity contribution in [2.45, 2.75) is 6.92 Å². The topological polar surface area (TPSA) is 46.9 Å². The molecule has 0 aliphatic rings. The molecule has 4 aromatic rings. The first kappa shape index (κ1) is 16.5. The van der Waals surface area contributed by atoms with Crippen molar-refractivity contribution in [2.24, 2.45) is 7.05 Å². The number of anilines is 2. The molecular weight excluding hydrogens is 349 g/mol. The van der Waals surface area contributed by atoms with Gasteiger partial charge >= 0.3 is 0 Å². The molecule has 6 heteroatoms. The zero-order valence-corrected chi connectivity index (χ0v) is 15.1. The number of aryl methyl sites for hydroxylation is 1. The normalized spacial score (nSPS) is 11.0. The quantitative estimate of drug-likeness (QED) is 0.564. The zero-order valence-electron chi connectivity index (χ0n) is 14.3. The van der Waals surface area contributed by atoms with Gasteiger partial charge in [0.25, 0.3) is 5.56 Å². The second-order valence-electron chi connectivity index (χ2n) is 6.07. The fraction of sp³-hybridized carbons (Fsp3) is 0.100. The predicted molar refractivity (Wildman–Crippen MR) is 105 cm³/mol. The van der Waals surface area contributed by atoms with E-state index in [1.807, 2.05) is 37.3 Å². The van der Waals surface area contributed by atoms with Gasteiger partial charge in [0.05, 0.1) is 5.52 Å². The van der Waals surface area contributed by atoms with Gasteiger partial charge in [-0.1, -0.05) is 24.3 Å². The van der Waals surface area contributed by atoms with Crippen molar-refractivity contribution in [1.29, 1.82) is 0 Å². The Balaban J connectivity index is 1.81. The first-order chi connectivity index (χ1) is 12.5. The standard InChI is InChI=1S/C20H16FN3OS/c1-12-5-3-4-6-15(12)17-11-16-18(26-17)19(25)24(2)20(23-16)22-14-9-7-13(21)8-10-14/h3-11H,1-2H3,(H,22,23). The molecule has 0 amide bonds. The van der Waals surface area contributed by atoms with E-state index < -0.39 is 0 Å². The van der Waals surface area contributed by atoms with Crippen molar-refractivity contribution in [2.75, 3.05) is 5.32 Å². The Morgan fingerprint density at radius 2 is 1.85 bits per heavy atom. The highest BCUT2D eigenvalue weighted by Crippen LogP contribution is 2.33. The van der Waals surface area contributed by atoms with Crippen LogP contribution in [0.1, 0.15) is 5.56 Å². The first-order valence-corrected chi connectivity index (χ1v) is 8.94. The molecule has 2 aromatic heterocycles. The van der Waals surface area contributed by atoms with Gasteiger partial charge in [0, 0.05) is 17.6 Å². The highest BCUT2D eigenvalue weighted by atomic mass is 32.1. The van der Waals surface area contributed by atoms with Crippen LogP contribution in [0.15, 0.2) is 59.4 Å². The summed E-state index contributed by atoms with van der Waals surface area (Å²) in [6.07, 6.45) is 0. The molecule has 0 aliphatic heterocycles. The van der Waals surface area contributed by atoms with E-state index in [-0.39, 0.29) is 11.4 Å². The van der Waals surface area contributed by atoms with Gasteiger partial charge in [-0.25, -0.2) is 9.37 Å². The Labute approximate surface area is 153 Å². The number of rotatable bonds is 3. The number of fused-ring (bicyclic) bond motifs is 1. The summed E-state index contributed by atoms with van der Waals surface area (Å²) in [6.45, 7) is 2.05. The summed E-state index contributed by atoms with van der Waals surface area (Å²) in [5.74, 6) is 0.108. The van der Waals surface area contributed by atoms with E-state index in [0.717, 1.165) is 16.0 Å². The van der Waals surface area contributed by atoms with Crippen LogP contribution in [-0.2, 0) is 7.05 Å². The highest BCUT2D eigenvalue weighted by molar-refractivity contribution is 7.22. The Kier molecular flexibility index (Phi) is 4.05. The molecule has 26 heavy (non-hydrogen) atoms. The summed E-state index contributed by atoms with van der Waals surface area (Å²) in [4.78, 5) is 18.4. The minimum atomic E-state index is -0.312. The summed E-state index contributed by atoms with van der Waals surface area (Å²) < 4.78 is 15.2. The van der Waals surface area contributed by atoms with Gasteiger partial charge in [-0.15, -0.1) is 11.3 Å². The number of aromatic nitrogens is 2. The van der Waals surface area contributed by atoms with Crippen LogP contribution in [-0.4, -0.2) is 9.55 Å². The molecule has 0 unspecified atom stereocenters. The lowest BCUT2D eigenvalue weighted by molar-refractivity contribution is 0.628. The molecule has 0 fully saturated rings. The van der Waals surface area contributed by atoms with Crippen LogP contribution in [0.25, 0.3) is 20.7 Å². The predicted octanol–water partition coefficient (Wildman–Crippen LogP) is 4.85. The molecule has 0 saturated carbocycles. The molecule has 0 aliphatic carbocycles. The molecule has 0 radical (unpaired) electrons. The van der Waals surface area contributed by atoms with Crippen LogP contribution in [0, 0.1) is 12.7 Å². The molecule has 0 saturated heterocycles. The largest absolute Gasteiger partial charge is 0.326 e. The van der Waals surface area contributed by atoms with E-state index in [9.17, 15) is 9.18 Å². The number of halogens is 1. The summed E-state index contributed by atoms with van der Waals surface area (Å²) in [7, 11) is 1.67. The van der Waals surface area contributed by atoms with Crippen molar-refractivity contribution in [1.82, 2.24) is 9.55 Å². The molecule has 0 spiro atoms. The average molecular weight is 365 g/mol. The number of thiophene rings is 1. The molecule has 130 valence electrons. The number of hydrogen-bond acceptors (Lipinski definition) is 4. The number of nitrogens with zero attached hydrogens (tertiary/aromatic N) is 2. The molecule has 1 N–H and O–H groups in total.